The number of aryl methyl sites for hydroxylation is 1. The zero-order chi connectivity index (χ0) is 12.3. The summed E-state index contributed by atoms with van der Waals surface area (Å²) in [6.07, 6.45) is 0. The van der Waals surface area contributed by atoms with E-state index in [1.807, 2.05) is 0 Å². The van der Waals surface area contributed by atoms with Crippen LogP contribution < -0.4 is 5.32 Å². The maximum atomic E-state index is 3.56. The molecule has 0 aliphatic carbocycles. The fourth-order valence-electron chi connectivity index (χ4n) is 2.79. The molecule has 1 N–H and O–H groups in total. The predicted molar refractivity (Wildman–Crippen MR) is 73.4 cm³/mol. The Labute approximate surface area is 105 Å². The van der Waals surface area contributed by atoms with Gasteiger partial charge < -0.3 is 10.2 Å². The minimum atomic E-state index is 0.651. The van der Waals surface area contributed by atoms with Crippen LogP contribution >= 0.6 is 0 Å². The summed E-state index contributed by atoms with van der Waals surface area (Å²) >= 11 is 0. The molecule has 2 rings (SSSR count). The van der Waals surface area contributed by atoms with Gasteiger partial charge in [-0.3, -0.25) is 0 Å². The van der Waals surface area contributed by atoms with E-state index in [9.17, 15) is 0 Å². The zero-order valence-corrected chi connectivity index (χ0v) is 11.3. The molecule has 2 nitrogen and oxygen atoms in total. The lowest BCUT2D eigenvalue weighted by atomic mass is 9.88. The standard InChI is InChI=1S/C15H24N2/c1-4-17(5-2)11-13-9-16-10-15-12(3)7-6-8-14(13)15/h6-8,13,16H,4-5,9-11H2,1-3H3. The van der Waals surface area contributed by atoms with Crippen LogP contribution in [0.3, 0.4) is 0 Å². The average molecular weight is 232 g/mol. The number of fused-ring (bicyclic) bond motifs is 1. The van der Waals surface area contributed by atoms with Gasteiger partial charge in [0.05, 0.1) is 0 Å². The highest BCUT2D eigenvalue weighted by atomic mass is 15.1. The van der Waals surface area contributed by atoms with Gasteiger partial charge in [0.25, 0.3) is 0 Å². The van der Waals surface area contributed by atoms with E-state index in [1.165, 1.54) is 17.7 Å². The van der Waals surface area contributed by atoms with Crippen molar-refractivity contribution in [2.75, 3.05) is 26.2 Å². The van der Waals surface area contributed by atoms with Crippen LogP contribution in [-0.2, 0) is 6.54 Å². The second kappa shape index (κ2) is 5.65. The van der Waals surface area contributed by atoms with E-state index in [0.717, 1.165) is 26.2 Å². The van der Waals surface area contributed by atoms with Crippen molar-refractivity contribution < 1.29 is 0 Å². The molecule has 1 atom stereocenters. The summed E-state index contributed by atoms with van der Waals surface area (Å²) in [4.78, 5) is 2.52. The van der Waals surface area contributed by atoms with Gasteiger partial charge in [0.2, 0.25) is 0 Å². The number of hydrogen-bond acceptors (Lipinski definition) is 2. The summed E-state index contributed by atoms with van der Waals surface area (Å²) in [6.45, 7) is 12.3. The Morgan fingerprint density at radius 1 is 1.29 bits per heavy atom. The molecule has 1 unspecified atom stereocenters. The van der Waals surface area contributed by atoms with Crippen LogP contribution in [0.5, 0.6) is 0 Å². The molecular formula is C15H24N2. The van der Waals surface area contributed by atoms with E-state index < -0.39 is 0 Å². The molecular weight excluding hydrogens is 208 g/mol. The Hall–Kier alpha value is -0.860. The number of rotatable bonds is 4. The topological polar surface area (TPSA) is 15.3 Å². The highest BCUT2D eigenvalue weighted by Crippen LogP contribution is 2.26. The molecule has 94 valence electrons. The van der Waals surface area contributed by atoms with Crippen molar-refractivity contribution in [2.24, 2.45) is 0 Å². The van der Waals surface area contributed by atoms with Crippen LogP contribution in [0.15, 0.2) is 18.2 Å². The second-order valence-electron chi connectivity index (χ2n) is 4.96. The molecule has 0 radical (unpaired) electrons. The first kappa shape index (κ1) is 12.6. The van der Waals surface area contributed by atoms with Crippen LogP contribution in [0.2, 0.25) is 0 Å². The Kier molecular flexibility index (Phi) is 4.19. The Bertz CT molecular complexity index is 369. The molecule has 1 aromatic rings. The van der Waals surface area contributed by atoms with Gasteiger partial charge in [-0.15, -0.1) is 0 Å². The number of likely N-dealkylation sites (N-methyl/N-ethyl adjacent to an activating group) is 1. The third-order valence-corrected chi connectivity index (χ3v) is 3.95. The van der Waals surface area contributed by atoms with Gasteiger partial charge in [-0.2, -0.15) is 0 Å². The summed E-state index contributed by atoms with van der Waals surface area (Å²) in [7, 11) is 0. The second-order valence-corrected chi connectivity index (χ2v) is 4.96. The van der Waals surface area contributed by atoms with Gasteiger partial charge in [0.15, 0.2) is 0 Å². The molecule has 0 aromatic heterocycles. The lowest BCUT2D eigenvalue weighted by Gasteiger charge is -2.31. The first-order valence-electron chi connectivity index (χ1n) is 6.77. The lowest BCUT2D eigenvalue weighted by molar-refractivity contribution is 0.275. The van der Waals surface area contributed by atoms with Crippen LogP contribution in [0.4, 0.5) is 0 Å². The number of hydrogen-bond donors (Lipinski definition) is 1. The largest absolute Gasteiger partial charge is 0.312 e. The molecule has 1 heterocycles. The first-order valence-corrected chi connectivity index (χ1v) is 6.77. The van der Waals surface area contributed by atoms with Crippen molar-refractivity contribution in [3.05, 3.63) is 34.9 Å². The van der Waals surface area contributed by atoms with Gasteiger partial charge in [-0.25, -0.2) is 0 Å². The normalized spacial score (nSPS) is 19.4. The van der Waals surface area contributed by atoms with Gasteiger partial charge in [-0.05, 0) is 36.7 Å². The van der Waals surface area contributed by atoms with E-state index in [-0.39, 0.29) is 0 Å². The van der Waals surface area contributed by atoms with E-state index in [0.29, 0.717) is 5.92 Å². The SMILES string of the molecule is CCN(CC)CC1CNCc2c(C)cccc21. The van der Waals surface area contributed by atoms with Gasteiger partial charge in [0.1, 0.15) is 0 Å². The Morgan fingerprint density at radius 3 is 2.76 bits per heavy atom. The molecule has 0 saturated carbocycles. The minimum absolute atomic E-state index is 0.651. The molecule has 2 heteroatoms. The van der Waals surface area contributed by atoms with E-state index in [1.54, 1.807) is 5.56 Å². The van der Waals surface area contributed by atoms with Crippen molar-refractivity contribution in [2.45, 2.75) is 33.2 Å². The fourth-order valence-corrected chi connectivity index (χ4v) is 2.79. The van der Waals surface area contributed by atoms with Crippen molar-refractivity contribution in [1.82, 2.24) is 10.2 Å². The van der Waals surface area contributed by atoms with Crippen LogP contribution in [0.25, 0.3) is 0 Å². The molecule has 0 spiro atoms. The molecule has 1 aliphatic heterocycles. The predicted octanol–water partition coefficient (Wildman–Crippen LogP) is 2.52. The van der Waals surface area contributed by atoms with Crippen molar-refractivity contribution >= 4 is 0 Å². The minimum Gasteiger partial charge on any atom is -0.312 e. The lowest BCUT2D eigenvalue weighted by Crippen LogP contribution is -2.37. The number of benzene rings is 1. The van der Waals surface area contributed by atoms with Crippen molar-refractivity contribution in [3.8, 4) is 0 Å². The van der Waals surface area contributed by atoms with Gasteiger partial charge in [0, 0.05) is 25.6 Å². The monoisotopic (exact) mass is 232 g/mol. The maximum Gasteiger partial charge on any atom is 0.0211 e. The quantitative estimate of drug-likeness (QED) is 0.858. The number of nitrogens with zero attached hydrogens (tertiary/aromatic N) is 1. The Balaban J connectivity index is 2.20. The summed E-state index contributed by atoms with van der Waals surface area (Å²) in [5, 5.41) is 3.56. The average Bonchev–Trinajstić information content (AvgIpc) is 2.37. The molecule has 0 fully saturated rings. The number of nitrogens with one attached hydrogen (secondary N) is 1. The van der Waals surface area contributed by atoms with Crippen LogP contribution in [0, 0.1) is 6.92 Å². The molecule has 0 amide bonds. The highest BCUT2D eigenvalue weighted by Gasteiger charge is 2.22. The zero-order valence-electron chi connectivity index (χ0n) is 11.3. The van der Waals surface area contributed by atoms with Crippen molar-refractivity contribution in [3.63, 3.8) is 0 Å². The summed E-state index contributed by atoms with van der Waals surface area (Å²) < 4.78 is 0. The van der Waals surface area contributed by atoms with Gasteiger partial charge in [-0.1, -0.05) is 32.0 Å². The molecule has 0 saturated heterocycles. The van der Waals surface area contributed by atoms with Gasteiger partial charge >= 0.3 is 0 Å². The molecule has 1 aliphatic rings. The first-order chi connectivity index (χ1) is 8.26. The summed E-state index contributed by atoms with van der Waals surface area (Å²) in [6, 6.07) is 6.74. The van der Waals surface area contributed by atoms with E-state index in [2.05, 4.69) is 49.2 Å². The van der Waals surface area contributed by atoms with Crippen LogP contribution in [0.1, 0.15) is 36.5 Å². The third-order valence-electron chi connectivity index (χ3n) is 3.95. The fraction of sp³-hybridized carbons (Fsp3) is 0.600. The summed E-state index contributed by atoms with van der Waals surface area (Å²) in [5.41, 5.74) is 4.52. The Morgan fingerprint density at radius 2 is 2.06 bits per heavy atom. The van der Waals surface area contributed by atoms with E-state index in [4.69, 9.17) is 0 Å². The van der Waals surface area contributed by atoms with Crippen LogP contribution in [-0.4, -0.2) is 31.1 Å². The maximum absolute atomic E-state index is 3.56. The highest BCUT2D eigenvalue weighted by molar-refractivity contribution is 5.38. The smallest absolute Gasteiger partial charge is 0.0211 e. The summed E-state index contributed by atoms with van der Waals surface area (Å²) in [5.74, 6) is 0.651. The molecule has 1 aromatic carbocycles. The van der Waals surface area contributed by atoms with Crippen molar-refractivity contribution in [1.29, 1.82) is 0 Å². The third kappa shape index (κ3) is 2.70. The molecule has 0 bridgehead atoms. The van der Waals surface area contributed by atoms with E-state index >= 15 is 0 Å². The molecule has 17 heavy (non-hydrogen) atoms.